The molecule has 1 aromatic heterocycles. The molecule has 1 atom stereocenters. The molecule has 116 valence electrons. The average molecular weight is 294 g/mol. The fourth-order valence-corrected chi connectivity index (χ4v) is 2.82. The standard InChI is InChI=1S/C14H22N4O3/c1-9-8-16-11(21-9)10(2)17-13(19)14(12(15)18-20)6-4-3-5-7-14/h8,10,20H,3-7H2,1-2H3,(H2,15,18)(H,17,19). The Morgan fingerprint density at radius 2 is 2.19 bits per heavy atom. The Bertz CT molecular complexity index is 532. The lowest BCUT2D eigenvalue weighted by Crippen LogP contribution is -2.51. The second kappa shape index (κ2) is 6.15. The Balaban J connectivity index is 2.15. The second-order valence-electron chi connectivity index (χ2n) is 5.63. The van der Waals surface area contributed by atoms with Crippen molar-refractivity contribution in [1.29, 1.82) is 0 Å². The van der Waals surface area contributed by atoms with Crippen LogP contribution in [0.25, 0.3) is 0 Å². The summed E-state index contributed by atoms with van der Waals surface area (Å²) in [6.45, 7) is 3.59. The minimum Gasteiger partial charge on any atom is -0.444 e. The number of nitrogens with two attached hydrogens (primary N) is 1. The molecule has 4 N–H and O–H groups in total. The largest absolute Gasteiger partial charge is 0.444 e. The summed E-state index contributed by atoms with van der Waals surface area (Å²) in [6.07, 6.45) is 5.62. The van der Waals surface area contributed by atoms with Gasteiger partial charge in [0.25, 0.3) is 0 Å². The highest BCUT2D eigenvalue weighted by atomic mass is 16.4. The summed E-state index contributed by atoms with van der Waals surface area (Å²) in [4.78, 5) is 16.8. The van der Waals surface area contributed by atoms with Gasteiger partial charge in [-0.1, -0.05) is 24.4 Å². The molecule has 0 radical (unpaired) electrons. The van der Waals surface area contributed by atoms with Crippen LogP contribution in [0.15, 0.2) is 15.8 Å². The number of nitrogens with zero attached hydrogens (tertiary/aromatic N) is 2. The van der Waals surface area contributed by atoms with Crippen molar-refractivity contribution in [3.05, 3.63) is 17.8 Å². The third-order valence-corrected chi connectivity index (χ3v) is 4.10. The topological polar surface area (TPSA) is 114 Å². The third-order valence-electron chi connectivity index (χ3n) is 4.10. The van der Waals surface area contributed by atoms with Crippen LogP contribution in [0.3, 0.4) is 0 Å². The zero-order chi connectivity index (χ0) is 15.5. The number of amides is 1. The molecule has 0 aliphatic heterocycles. The molecular formula is C14H22N4O3. The van der Waals surface area contributed by atoms with Gasteiger partial charge in [-0.25, -0.2) is 4.98 Å². The van der Waals surface area contributed by atoms with Gasteiger partial charge in [-0.2, -0.15) is 0 Å². The number of rotatable bonds is 4. The van der Waals surface area contributed by atoms with E-state index in [9.17, 15) is 4.79 Å². The third kappa shape index (κ3) is 3.01. The summed E-state index contributed by atoms with van der Waals surface area (Å²) in [5.74, 6) is 0.887. The van der Waals surface area contributed by atoms with E-state index in [2.05, 4.69) is 15.5 Å². The molecule has 0 spiro atoms. The van der Waals surface area contributed by atoms with Gasteiger partial charge in [-0.3, -0.25) is 4.79 Å². The smallest absolute Gasteiger partial charge is 0.234 e. The van der Waals surface area contributed by atoms with Gasteiger partial charge < -0.3 is 20.7 Å². The van der Waals surface area contributed by atoms with Gasteiger partial charge in [0.05, 0.1) is 6.20 Å². The van der Waals surface area contributed by atoms with E-state index >= 15 is 0 Å². The summed E-state index contributed by atoms with van der Waals surface area (Å²) in [7, 11) is 0. The fraction of sp³-hybridized carbons (Fsp3) is 0.643. The molecule has 2 rings (SSSR count). The predicted molar refractivity (Wildman–Crippen MR) is 76.7 cm³/mol. The maximum Gasteiger partial charge on any atom is 0.234 e. The molecular weight excluding hydrogens is 272 g/mol. The van der Waals surface area contributed by atoms with Crippen LogP contribution in [-0.4, -0.2) is 21.9 Å². The van der Waals surface area contributed by atoms with Crippen LogP contribution in [-0.2, 0) is 4.79 Å². The predicted octanol–water partition coefficient (Wildman–Crippen LogP) is 1.86. The van der Waals surface area contributed by atoms with E-state index in [1.807, 2.05) is 0 Å². The van der Waals surface area contributed by atoms with Gasteiger partial charge >= 0.3 is 0 Å². The molecule has 1 aliphatic rings. The first-order chi connectivity index (χ1) is 9.99. The number of carbonyl (C=O) groups is 1. The van der Waals surface area contributed by atoms with Gasteiger partial charge in [0, 0.05) is 0 Å². The van der Waals surface area contributed by atoms with Crippen molar-refractivity contribution in [2.75, 3.05) is 0 Å². The highest BCUT2D eigenvalue weighted by Gasteiger charge is 2.44. The van der Waals surface area contributed by atoms with Crippen LogP contribution in [0.5, 0.6) is 0 Å². The maximum atomic E-state index is 12.7. The van der Waals surface area contributed by atoms with Gasteiger partial charge in [-0.05, 0) is 26.7 Å². The number of aromatic nitrogens is 1. The molecule has 1 aromatic rings. The molecule has 0 saturated heterocycles. The minimum absolute atomic E-state index is 0.0181. The minimum atomic E-state index is -0.928. The number of aryl methyl sites for hydroxylation is 1. The molecule has 1 aliphatic carbocycles. The number of nitrogens with one attached hydrogen (secondary N) is 1. The van der Waals surface area contributed by atoms with Gasteiger partial charge in [0.15, 0.2) is 5.84 Å². The quantitative estimate of drug-likeness (QED) is 0.339. The van der Waals surface area contributed by atoms with E-state index in [1.165, 1.54) is 0 Å². The Hall–Kier alpha value is -2.05. The molecule has 1 fully saturated rings. The normalized spacial score (nSPS) is 20.0. The van der Waals surface area contributed by atoms with Gasteiger partial charge in [0.1, 0.15) is 17.2 Å². The number of hydrogen-bond acceptors (Lipinski definition) is 5. The SMILES string of the molecule is Cc1cnc(C(C)NC(=O)C2(/C(N)=N/O)CCCCC2)o1. The average Bonchev–Trinajstić information content (AvgIpc) is 2.93. The number of amidine groups is 1. The fourth-order valence-electron chi connectivity index (χ4n) is 2.82. The Labute approximate surface area is 123 Å². The molecule has 0 aromatic carbocycles. The van der Waals surface area contributed by atoms with Crippen molar-refractivity contribution in [3.8, 4) is 0 Å². The highest BCUT2D eigenvalue weighted by molar-refractivity contribution is 6.06. The molecule has 1 unspecified atom stereocenters. The van der Waals surface area contributed by atoms with Crippen molar-refractivity contribution in [1.82, 2.24) is 10.3 Å². The van der Waals surface area contributed by atoms with Crippen LogP contribution in [0.1, 0.15) is 56.7 Å². The highest BCUT2D eigenvalue weighted by Crippen LogP contribution is 2.37. The molecule has 1 amide bonds. The summed E-state index contributed by atoms with van der Waals surface area (Å²) in [6, 6.07) is -0.364. The summed E-state index contributed by atoms with van der Waals surface area (Å²) in [5, 5.41) is 15.0. The lowest BCUT2D eigenvalue weighted by atomic mass is 9.72. The van der Waals surface area contributed by atoms with Gasteiger partial charge in [0.2, 0.25) is 11.8 Å². The Kier molecular flexibility index (Phi) is 4.50. The monoisotopic (exact) mass is 294 g/mol. The van der Waals surface area contributed by atoms with Crippen molar-refractivity contribution in [3.63, 3.8) is 0 Å². The van der Waals surface area contributed by atoms with E-state index < -0.39 is 5.41 Å². The van der Waals surface area contributed by atoms with Crippen LogP contribution in [0.2, 0.25) is 0 Å². The molecule has 1 heterocycles. The van der Waals surface area contributed by atoms with E-state index in [0.717, 1.165) is 19.3 Å². The number of hydrogen-bond donors (Lipinski definition) is 3. The zero-order valence-electron chi connectivity index (χ0n) is 12.4. The number of carbonyl (C=O) groups excluding carboxylic acids is 1. The summed E-state index contributed by atoms with van der Waals surface area (Å²) in [5.41, 5.74) is 4.87. The number of oxime groups is 1. The molecule has 7 nitrogen and oxygen atoms in total. The van der Waals surface area contributed by atoms with Crippen LogP contribution >= 0.6 is 0 Å². The van der Waals surface area contributed by atoms with E-state index in [4.69, 9.17) is 15.4 Å². The van der Waals surface area contributed by atoms with Crippen LogP contribution in [0.4, 0.5) is 0 Å². The lowest BCUT2D eigenvalue weighted by molar-refractivity contribution is -0.129. The summed E-state index contributed by atoms with van der Waals surface area (Å²) >= 11 is 0. The summed E-state index contributed by atoms with van der Waals surface area (Å²) < 4.78 is 5.42. The zero-order valence-corrected chi connectivity index (χ0v) is 12.4. The van der Waals surface area contributed by atoms with Crippen molar-refractivity contribution < 1.29 is 14.4 Å². The van der Waals surface area contributed by atoms with E-state index in [1.54, 1.807) is 20.0 Å². The van der Waals surface area contributed by atoms with Crippen molar-refractivity contribution in [2.24, 2.45) is 16.3 Å². The first-order valence-electron chi connectivity index (χ1n) is 7.21. The second-order valence-corrected chi connectivity index (χ2v) is 5.63. The van der Waals surface area contributed by atoms with Crippen molar-refractivity contribution in [2.45, 2.75) is 52.0 Å². The lowest BCUT2D eigenvalue weighted by Gasteiger charge is -2.35. The van der Waals surface area contributed by atoms with Crippen LogP contribution < -0.4 is 11.1 Å². The van der Waals surface area contributed by atoms with Crippen LogP contribution in [0, 0.1) is 12.3 Å². The Morgan fingerprint density at radius 3 is 2.71 bits per heavy atom. The van der Waals surface area contributed by atoms with E-state index in [0.29, 0.717) is 24.5 Å². The first kappa shape index (κ1) is 15.3. The number of oxazole rings is 1. The van der Waals surface area contributed by atoms with E-state index in [-0.39, 0.29) is 17.8 Å². The van der Waals surface area contributed by atoms with Gasteiger partial charge in [-0.15, -0.1) is 0 Å². The molecule has 7 heteroatoms. The Morgan fingerprint density at radius 1 is 1.52 bits per heavy atom. The molecule has 1 saturated carbocycles. The maximum absolute atomic E-state index is 12.7. The van der Waals surface area contributed by atoms with Crippen molar-refractivity contribution >= 4 is 11.7 Å². The molecule has 21 heavy (non-hydrogen) atoms. The first-order valence-corrected chi connectivity index (χ1v) is 7.21. The molecule has 0 bridgehead atoms.